The topological polar surface area (TPSA) is 68.9 Å². The molecule has 0 saturated carbocycles. The summed E-state index contributed by atoms with van der Waals surface area (Å²) in [5, 5.41) is 12.1. The number of hydrogen-bond acceptors (Lipinski definition) is 3. The molecule has 0 aliphatic rings. The van der Waals surface area contributed by atoms with Crippen molar-refractivity contribution in [2.75, 3.05) is 0 Å². The van der Waals surface area contributed by atoms with Gasteiger partial charge in [0.2, 0.25) is 0 Å². The highest BCUT2D eigenvalue weighted by atomic mass is 19.1. The molecular weight excluding hydrogens is 497 g/mol. The van der Waals surface area contributed by atoms with Gasteiger partial charge < -0.3 is 10.3 Å². The Morgan fingerprint density at radius 2 is 1.85 bits per heavy atom. The van der Waals surface area contributed by atoms with Crippen molar-refractivity contribution in [3.8, 4) is 11.4 Å². The van der Waals surface area contributed by atoms with Gasteiger partial charge in [0.1, 0.15) is 11.5 Å². The van der Waals surface area contributed by atoms with Crippen molar-refractivity contribution in [1.82, 2.24) is 20.5 Å². The van der Waals surface area contributed by atoms with Gasteiger partial charge >= 0.3 is 0 Å². The molecule has 4 rings (SSSR count). The van der Waals surface area contributed by atoms with Gasteiger partial charge in [0.05, 0.1) is 16.9 Å². The molecule has 0 unspecified atom stereocenters. The first-order valence-corrected chi connectivity index (χ1v) is 13.2. The van der Waals surface area contributed by atoms with Crippen LogP contribution in [-0.4, -0.2) is 20.9 Å². The second-order valence-corrected chi connectivity index (χ2v) is 10.6. The first-order valence-electron chi connectivity index (χ1n) is 13.2. The minimum absolute atomic E-state index is 0.0826. The highest BCUT2D eigenvalue weighted by Gasteiger charge is 2.18. The fourth-order valence-corrected chi connectivity index (χ4v) is 4.37. The number of fused-ring (bicyclic) bond motifs is 1. The number of aromatic nitrogens is 3. The van der Waals surface area contributed by atoms with Gasteiger partial charge in [-0.15, -0.1) is 0 Å². The number of allylic oxidation sites excluding steroid dienone is 5. The number of benzene rings is 2. The standard InChI is InChI=1S/C34H36FN5/c1-9-23(18-27(10-2)38-22(5)34(6,7)8)24-15-16-30-29(19-24)33(40-39-30)31-20-28(21(4)37-31)32(36-11-3)25-13-12-14-26(35)17-25/h9-20,37-38H,2-3,5H2,1,4,6-8H3,(H,39,40)/b23-9+,27-18+,36-32?. The molecule has 2 aromatic carbocycles. The van der Waals surface area contributed by atoms with Crippen molar-refractivity contribution in [1.29, 1.82) is 0 Å². The Hall–Kier alpha value is -4.71. The van der Waals surface area contributed by atoms with Gasteiger partial charge in [0.25, 0.3) is 0 Å². The van der Waals surface area contributed by atoms with E-state index in [1.54, 1.807) is 12.1 Å². The number of rotatable bonds is 9. The third kappa shape index (κ3) is 5.96. The van der Waals surface area contributed by atoms with E-state index in [0.29, 0.717) is 11.3 Å². The smallest absolute Gasteiger partial charge is 0.123 e. The van der Waals surface area contributed by atoms with Crippen LogP contribution in [0.5, 0.6) is 0 Å². The minimum Gasteiger partial charge on any atom is -0.359 e. The molecule has 0 saturated heterocycles. The first-order chi connectivity index (χ1) is 19.0. The zero-order valence-electron chi connectivity index (χ0n) is 23.8. The Bertz CT molecular complexity index is 1680. The van der Waals surface area contributed by atoms with Crippen molar-refractivity contribution in [3.05, 3.63) is 132 Å². The summed E-state index contributed by atoms with van der Waals surface area (Å²) in [5.74, 6) is -0.320. The summed E-state index contributed by atoms with van der Waals surface area (Å²) in [7, 11) is 0. The van der Waals surface area contributed by atoms with Gasteiger partial charge in [-0.1, -0.05) is 64.8 Å². The Morgan fingerprint density at radius 3 is 2.50 bits per heavy atom. The maximum atomic E-state index is 14.0. The normalized spacial score (nSPS) is 13.0. The molecule has 2 heterocycles. The molecule has 0 atom stereocenters. The maximum Gasteiger partial charge on any atom is 0.123 e. The van der Waals surface area contributed by atoms with E-state index in [4.69, 9.17) is 0 Å². The molecule has 5 nitrogen and oxygen atoms in total. The van der Waals surface area contributed by atoms with Crippen LogP contribution in [0, 0.1) is 18.2 Å². The third-order valence-corrected chi connectivity index (χ3v) is 6.78. The Labute approximate surface area is 235 Å². The summed E-state index contributed by atoms with van der Waals surface area (Å²) in [5.41, 5.74) is 9.36. The summed E-state index contributed by atoms with van der Waals surface area (Å²) >= 11 is 0. The highest BCUT2D eigenvalue weighted by molar-refractivity contribution is 6.14. The average Bonchev–Trinajstić information content (AvgIpc) is 3.51. The van der Waals surface area contributed by atoms with Crippen LogP contribution in [-0.2, 0) is 0 Å². The quantitative estimate of drug-likeness (QED) is 0.149. The van der Waals surface area contributed by atoms with E-state index in [1.165, 1.54) is 18.3 Å². The predicted octanol–water partition coefficient (Wildman–Crippen LogP) is 8.61. The Kier molecular flexibility index (Phi) is 8.19. The lowest BCUT2D eigenvalue weighted by Gasteiger charge is -2.24. The molecular formula is C34H36FN5. The lowest BCUT2D eigenvalue weighted by molar-refractivity contribution is 0.478. The summed E-state index contributed by atoms with van der Waals surface area (Å²) in [4.78, 5) is 7.93. The van der Waals surface area contributed by atoms with E-state index >= 15 is 0 Å². The van der Waals surface area contributed by atoms with Crippen LogP contribution in [0.1, 0.15) is 50.1 Å². The minimum atomic E-state index is -0.320. The zero-order chi connectivity index (χ0) is 29.0. The zero-order valence-corrected chi connectivity index (χ0v) is 23.8. The van der Waals surface area contributed by atoms with E-state index < -0.39 is 0 Å². The lowest BCUT2D eigenvalue weighted by Crippen LogP contribution is -2.22. The molecule has 4 aromatic rings. The summed E-state index contributed by atoms with van der Waals surface area (Å²) < 4.78 is 14.0. The molecule has 0 aliphatic carbocycles. The number of nitrogens with one attached hydrogen (secondary N) is 3. The van der Waals surface area contributed by atoms with Crippen LogP contribution >= 0.6 is 0 Å². The van der Waals surface area contributed by atoms with E-state index in [-0.39, 0.29) is 11.2 Å². The van der Waals surface area contributed by atoms with Crippen LogP contribution < -0.4 is 5.32 Å². The van der Waals surface area contributed by atoms with E-state index in [0.717, 1.165) is 56.1 Å². The fraction of sp³-hybridized carbons (Fsp3) is 0.176. The SMILES string of the molecule is C=CN=C(c1cccc(F)c1)c1cc(-c2n[nH]c3ccc(C(/C=C(\C=C)NC(=C)C(C)(C)C)=C/C)cc23)[nH]c1C. The molecule has 6 heteroatoms. The van der Waals surface area contributed by atoms with Gasteiger partial charge in [-0.3, -0.25) is 10.1 Å². The van der Waals surface area contributed by atoms with Crippen molar-refractivity contribution in [3.63, 3.8) is 0 Å². The van der Waals surface area contributed by atoms with Crippen LogP contribution in [0.3, 0.4) is 0 Å². The van der Waals surface area contributed by atoms with E-state index in [9.17, 15) is 4.39 Å². The second kappa shape index (κ2) is 11.6. The molecule has 0 radical (unpaired) electrons. The number of hydrogen-bond donors (Lipinski definition) is 3. The van der Waals surface area contributed by atoms with Crippen molar-refractivity contribution >= 4 is 22.2 Å². The number of nitrogens with zero attached hydrogens (tertiary/aromatic N) is 2. The number of H-pyrrole nitrogens is 2. The predicted molar refractivity (Wildman–Crippen MR) is 167 cm³/mol. The Balaban J connectivity index is 1.75. The number of aromatic amines is 2. The monoisotopic (exact) mass is 533 g/mol. The Morgan fingerprint density at radius 1 is 1.07 bits per heavy atom. The summed E-state index contributed by atoms with van der Waals surface area (Å²) in [6.07, 6.45) is 7.41. The van der Waals surface area contributed by atoms with Crippen molar-refractivity contribution in [2.45, 2.75) is 34.6 Å². The number of halogens is 1. The lowest BCUT2D eigenvalue weighted by atomic mass is 9.92. The third-order valence-electron chi connectivity index (χ3n) is 6.78. The molecule has 204 valence electrons. The highest BCUT2D eigenvalue weighted by Crippen LogP contribution is 2.31. The van der Waals surface area contributed by atoms with E-state index in [2.05, 4.69) is 90.3 Å². The van der Waals surface area contributed by atoms with Crippen molar-refractivity contribution in [2.24, 2.45) is 10.4 Å². The second-order valence-electron chi connectivity index (χ2n) is 10.6. The molecule has 3 N–H and O–H groups in total. The van der Waals surface area contributed by atoms with Gasteiger partial charge in [0.15, 0.2) is 0 Å². The van der Waals surface area contributed by atoms with Crippen LogP contribution in [0.4, 0.5) is 4.39 Å². The van der Waals surface area contributed by atoms with Crippen LogP contribution in [0.15, 0.2) is 109 Å². The average molecular weight is 534 g/mol. The van der Waals surface area contributed by atoms with E-state index in [1.807, 2.05) is 32.0 Å². The molecule has 0 fully saturated rings. The molecule has 40 heavy (non-hydrogen) atoms. The largest absolute Gasteiger partial charge is 0.359 e. The maximum absolute atomic E-state index is 14.0. The fourth-order valence-electron chi connectivity index (χ4n) is 4.37. The number of aliphatic imine (C=N–C) groups is 1. The van der Waals surface area contributed by atoms with Gasteiger partial charge in [0, 0.05) is 45.2 Å². The summed E-state index contributed by atoms with van der Waals surface area (Å²) in [6.45, 7) is 22.3. The van der Waals surface area contributed by atoms with Gasteiger partial charge in [-0.05, 0) is 67.5 Å². The molecule has 2 aromatic heterocycles. The van der Waals surface area contributed by atoms with Crippen LogP contribution in [0.2, 0.25) is 0 Å². The molecule has 0 spiro atoms. The molecule has 0 bridgehead atoms. The van der Waals surface area contributed by atoms with Gasteiger partial charge in [-0.2, -0.15) is 5.10 Å². The molecule has 0 amide bonds. The number of aryl methyl sites for hydroxylation is 1. The summed E-state index contributed by atoms with van der Waals surface area (Å²) in [6, 6.07) is 14.6. The van der Waals surface area contributed by atoms with Crippen LogP contribution in [0.25, 0.3) is 27.9 Å². The van der Waals surface area contributed by atoms with Gasteiger partial charge in [-0.25, -0.2) is 4.39 Å². The van der Waals surface area contributed by atoms with Crippen molar-refractivity contribution < 1.29 is 4.39 Å². The molecule has 0 aliphatic heterocycles. The first kappa shape index (κ1) is 28.3.